The molecule has 308 valence electrons. The van der Waals surface area contributed by atoms with Gasteiger partial charge in [0.1, 0.15) is 5.78 Å². The molecule has 10 nitrogen and oxygen atoms in total. The molecule has 4 saturated carbocycles. The maximum atomic E-state index is 15.1. The van der Waals surface area contributed by atoms with Crippen LogP contribution in [0.4, 0.5) is 0 Å². The van der Waals surface area contributed by atoms with E-state index in [2.05, 4.69) is 39.6 Å². The molecule has 55 heavy (non-hydrogen) atoms. The van der Waals surface area contributed by atoms with Crippen molar-refractivity contribution in [2.45, 2.75) is 163 Å². The highest BCUT2D eigenvalue weighted by Gasteiger charge is 2.85. The molecule has 6 rings (SSSR count). The summed E-state index contributed by atoms with van der Waals surface area (Å²) < 4.78 is 0. The lowest BCUT2D eigenvalue weighted by Crippen LogP contribution is -2.60. The average Bonchev–Trinajstić information content (AvgIpc) is 3.29. The average molecular weight is 765 g/mol. The molecule has 10 heteroatoms. The fraction of sp³-hybridized carbons (Fsp3) is 0.867. The monoisotopic (exact) mass is 765 g/mol. The van der Waals surface area contributed by atoms with Crippen LogP contribution in [0.5, 0.6) is 0 Å². The van der Waals surface area contributed by atoms with Gasteiger partial charge in [0.15, 0.2) is 5.78 Å². The Kier molecular flexibility index (Phi) is 11.7. The fourth-order valence-corrected chi connectivity index (χ4v) is 12.3. The largest absolute Gasteiger partial charge is 0.363 e. The number of hydrogen-bond donors (Lipinski definition) is 1. The van der Waals surface area contributed by atoms with E-state index in [1.165, 1.54) is 0 Å². The van der Waals surface area contributed by atoms with Crippen molar-refractivity contribution in [3.8, 4) is 0 Å². The number of likely N-dealkylation sites (tertiary alicyclic amines) is 1. The maximum absolute atomic E-state index is 15.1. The lowest BCUT2D eigenvalue weighted by Gasteiger charge is -2.46. The van der Waals surface area contributed by atoms with Crippen molar-refractivity contribution >= 4 is 35.1 Å². The normalized spacial score (nSPS) is 29.3. The molecule has 6 aliphatic rings. The van der Waals surface area contributed by atoms with Crippen LogP contribution in [0.3, 0.4) is 0 Å². The van der Waals surface area contributed by atoms with E-state index in [0.717, 1.165) is 77.2 Å². The number of nitrogens with two attached hydrogens (primary N) is 1. The lowest BCUT2D eigenvalue weighted by atomic mass is 9.73. The van der Waals surface area contributed by atoms with E-state index < -0.39 is 40.9 Å². The highest BCUT2D eigenvalue weighted by molar-refractivity contribution is 6.36. The Bertz CT molecular complexity index is 1530. The smallest absolute Gasteiger partial charge is 0.285 e. The quantitative estimate of drug-likeness (QED) is 0.203. The van der Waals surface area contributed by atoms with Crippen molar-refractivity contribution in [2.24, 2.45) is 57.0 Å². The third kappa shape index (κ3) is 7.60. The number of rotatable bonds is 14. The number of fused-ring (bicyclic) bond motifs is 1. The molecule has 5 atom stereocenters. The van der Waals surface area contributed by atoms with Crippen molar-refractivity contribution in [2.75, 3.05) is 33.2 Å². The Labute approximate surface area is 330 Å². The van der Waals surface area contributed by atoms with Crippen molar-refractivity contribution in [1.29, 1.82) is 0 Å². The number of carbonyl (C=O) groups excluding carboxylic acids is 6. The van der Waals surface area contributed by atoms with Gasteiger partial charge in [-0.3, -0.25) is 33.7 Å². The summed E-state index contributed by atoms with van der Waals surface area (Å²) in [6.07, 6.45) is 12.6. The summed E-state index contributed by atoms with van der Waals surface area (Å²) in [6, 6.07) is -0.714. The number of ketones is 3. The Morgan fingerprint density at radius 2 is 1.42 bits per heavy atom. The van der Waals surface area contributed by atoms with Crippen LogP contribution in [0.15, 0.2) is 0 Å². The topological polar surface area (TPSA) is 138 Å². The van der Waals surface area contributed by atoms with Crippen molar-refractivity contribution in [3.05, 3.63) is 0 Å². The van der Waals surface area contributed by atoms with Crippen LogP contribution < -0.4 is 5.73 Å². The van der Waals surface area contributed by atoms with E-state index in [-0.39, 0.29) is 70.3 Å². The van der Waals surface area contributed by atoms with Gasteiger partial charge < -0.3 is 15.5 Å². The van der Waals surface area contributed by atoms with Gasteiger partial charge in [0.2, 0.25) is 17.6 Å². The van der Waals surface area contributed by atoms with Crippen LogP contribution in [-0.2, 0) is 28.8 Å². The second-order valence-electron chi connectivity index (χ2n) is 21.3. The number of nitrogens with zero attached hydrogens (tertiary/aromatic N) is 3. The van der Waals surface area contributed by atoms with Crippen LogP contribution >= 0.6 is 0 Å². The third-order valence-corrected chi connectivity index (χ3v) is 16.8. The zero-order chi connectivity index (χ0) is 40.3. The van der Waals surface area contributed by atoms with E-state index >= 15 is 4.79 Å². The minimum atomic E-state index is -1.00. The van der Waals surface area contributed by atoms with Crippen LogP contribution in [0.25, 0.3) is 0 Å². The highest BCUT2D eigenvalue weighted by Crippen LogP contribution is 2.88. The molecular formula is C45H72N4O6. The number of hydrogen-bond acceptors (Lipinski definition) is 7. The predicted molar refractivity (Wildman–Crippen MR) is 212 cm³/mol. The second kappa shape index (κ2) is 15.3. The lowest BCUT2D eigenvalue weighted by molar-refractivity contribution is -0.148. The summed E-state index contributed by atoms with van der Waals surface area (Å²) in [7, 11) is 2.10. The molecule has 2 N–H and O–H groups in total. The fourth-order valence-electron chi connectivity index (χ4n) is 12.3. The molecule has 2 heterocycles. The molecule has 6 fully saturated rings. The highest BCUT2D eigenvalue weighted by atomic mass is 16.2. The molecule has 2 saturated heterocycles. The van der Waals surface area contributed by atoms with Gasteiger partial charge in [0.05, 0.1) is 6.04 Å². The van der Waals surface area contributed by atoms with Gasteiger partial charge in [-0.15, -0.1) is 0 Å². The summed E-state index contributed by atoms with van der Waals surface area (Å²) in [4.78, 5) is 89.6. The Morgan fingerprint density at radius 3 is 1.93 bits per heavy atom. The first-order chi connectivity index (χ1) is 25.7. The summed E-state index contributed by atoms with van der Waals surface area (Å²) >= 11 is 0. The van der Waals surface area contributed by atoms with Crippen LogP contribution in [0.2, 0.25) is 0 Å². The summed E-state index contributed by atoms with van der Waals surface area (Å²) in [5, 5.41) is 0. The molecule has 0 aromatic heterocycles. The van der Waals surface area contributed by atoms with Gasteiger partial charge in [-0.1, -0.05) is 79.6 Å². The number of primary amides is 1. The molecule has 3 amide bonds. The minimum absolute atomic E-state index is 0.0243. The molecule has 2 spiro atoms. The first-order valence-corrected chi connectivity index (χ1v) is 21.8. The van der Waals surface area contributed by atoms with Gasteiger partial charge in [0, 0.05) is 74.1 Å². The van der Waals surface area contributed by atoms with E-state index in [0.29, 0.717) is 38.4 Å². The molecule has 2 aliphatic heterocycles. The molecule has 0 radical (unpaired) electrons. The number of Topliss-reactive ketones (excluding diaryl/α,β-unsaturated/α-hetero) is 3. The van der Waals surface area contributed by atoms with Crippen LogP contribution in [0, 0.1) is 51.2 Å². The van der Waals surface area contributed by atoms with Gasteiger partial charge in [-0.2, -0.15) is 0 Å². The summed E-state index contributed by atoms with van der Waals surface area (Å²) in [6.45, 7) is 17.4. The minimum Gasteiger partial charge on any atom is -0.363 e. The van der Waals surface area contributed by atoms with Gasteiger partial charge in [0.25, 0.3) is 5.91 Å². The summed E-state index contributed by atoms with van der Waals surface area (Å²) in [5.74, 6) is -3.39. The van der Waals surface area contributed by atoms with Crippen LogP contribution in [-0.4, -0.2) is 94.6 Å². The number of piperazine rings is 1. The van der Waals surface area contributed by atoms with E-state index in [1.54, 1.807) is 4.90 Å². The molecule has 1 unspecified atom stereocenters. The predicted octanol–water partition coefficient (Wildman–Crippen LogP) is 6.36. The zero-order valence-electron chi connectivity index (χ0n) is 35.5. The Morgan fingerprint density at radius 1 is 0.764 bits per heavy atom. The van der Waals surface area contributed by atoms with E-state index in [4.69, 9.17) is 5.73 Å². The van der Waals surface area contributed by atoms with Gasteiger partial charge in [-0.05, 0) is 87.5 Å². The Balaban J connectivity index is 1.24. The van der Waals surface area contributed by atoms with Gasteiger partial charge in [-0.25, -0.2) is 0 Å². The first kappa shape index (κ1) is 42.0. The molecule has 0 aromatic rings. The standard InChI is InChI=1S/C45H72N4O6/c1-41(2,3)34(25-32(50)24-33(30-16-10-9-11-17-30)39(54)48-21-20-47(8)42(4,5)27-48)40(55)49-28-45(43(6,7)44(45)18-13-19-44)26-35(49)36(51)23-31(37(52)38(46)53)22-29-14-12-15-29/h29-31,33-35H,9-28H2,1-8H3,(H2,46,53)/t31?,33-,34+,35-,45+/m0/s1. The second-order valence-corrected chi connectivity index (χ2v) is 21.3. The molecule has 0 bridgehead atoms. The maximum Gasteiger partial charge on any atom is 0.285 e. The summed E-state index contributed by atoms with van der Waals surface area (Å²) in [5.41, 5.74) is 4.60. The van der Waals surface area contributed by atoms with Crippen molar-refractivity contribution in [1.82, 2.24) is 14.7 Å². The van der Waals surface area contributed by atoms with E-state index in [9.17, 15) is 24.0 Å². The first-order valence-electron chi connectivity index (χ1n) is 21.8. The SMILES string of the molecule is CN1CCN(C(=O)[C@@H](CC(=O)C[C@H](C(=O)N2C[C@]3(C[C@H]2C(=O)CC(CC2CCC2)C(=O)C(N)=O)C(C)(C)C32CCC2)C(C)(C)C)C2CCCCC2)CC1(C)C. The zero-order valence-corrected chi connectivity index (χ0v) is 35.5. The van der Waals surface area contributed by atoms with Crippen LogP contribution in [0.1, 0.15) is 151 Å². The Hall–Kier alpha value is -2.62. The number of likely N-dealkylation sites (N-methyl/N-ethyl adjacent to an activating group) is 1. The molecular weight excluding hydrogens is 693 g/mol. The van der Waals surface area contributed by atoms with Crippen molar-refractivity contribution < 1.29 is 28.8 Å². The van der Waals surface area contributed by atoms with Crippen molar-refractivity contribution in [3.63, 3.8) is 0 Å². The molecule has 0 aromatic carbocycles. The third-order valence-electron chi connectivity index (χ3n) is 16.8. The number of carbonyl (C=O) groups is 6. The van der Waals surface area contributed by atoms with Gasteiger partial charge >= 0.3 is 0 Å². The van der Waals surface area contributed by atoms with E-state index in [1.807, 2.05) is 25.7 Å². The number of amides is 3. The molecule has 4 aliphatic carbocycles.